The predicted octanol–water partition coefficient (Wildman–Crippen LogP) is 4.27. The normalized spacial score (nSPS) is 21.0. The number of rotatable bonds is 3. The molecule has 1 amide bonds. The highest BCUT2D eigenvalue weighted by Crippen LogP contribution is 2.36. The SMILES string of the molecule is Cc1ccc(NC(=O)[C@@H](C)SC(=S)N2C[C@H]3C[C@@H](C2)c2cccc(=O)n2C3)cc1Cl. The first kappa shape index (κ1) is 21.4. The molecule has 0 spiro atoms. The lowest BCUT2D eigenvalue weighted by Gasteiger charge is -2.43. The van der Waals surface area contributed by atoms with Crippen molar-refractivity contribution in [3.8, 4) is 0 Å². The van der Waals surface area contributed by atoms with Gasteiger partial charge < -0.3 is 14.8 Å². The molecule has 1 aromatic carbocycles. The highest BCUT2D eigenvalue weighted by atomic mass is 35.5. The molecule has 3 atom stereocenters. The molecule has 3 heterocycles. The lowest BCUT2D eigenvalue weighted by Crippen LogP contribution is -2.48. The number of fused-ring (bicyclic) bond motifs is 4. The fourth-order valence-electron chi connectivity index (χ4n) is 4.24. The Balaban J connectivity index is 1.39. The maximum atomic E-state index is 12.6. The Bertz CT molecular complexity index is 1050. The number of nitrogens with one attached hydrogen (secondary N) is 1. The molecule has 0 aliphatic carbocycles. The number of thiocarbonyl (C=S) groups is 1. The van der Waals surface area contributed by atoms with Crippen LogP contribution < -0.4 is 10.9 Å². The standard InChI is InChI=1S/C22H24ClN3O2S2/c1-13-6-7-17(9-18(13)23)24-21(28)14(2)30-22(29)25-10-15-8-16(12-25)19-4-3-5-20(27)26(19)11-15/h3-7,9,14-16H,8,10-12H2,1-2H3,(H,24,28)/t14-,15-,16+/m1/s1. The summed E-state index contributed by atoms with van der Waals surface area (Å²) in [6.45, 7) is 6.13. The first-order valence-corrected chi connectivity index (χ1v) is 11.7. The van der Waals surface area contributed by atoms with Crippen LogP contribution in [0.4, 0.5) is 5.69 Å². The number of amides is 1. The van der Waals surface area contributed by atoms with Gasteiger partial charge in [0.2, 0.25) is 5.91 Å². The average molecular weight is 462 g/mol. The number of aromatic nitrogens is 1. The lowest BCUT2D eigenvalue weighted by atomic mass is 9.83. The Morgan fingerprint density at radius 2 is 2.07 bits per heavy atom. The summed E-state index contributed by atoms with van der Waals surface area (Å²) < 4.78 is 2.65. The number of carbonyl (C=O) groups is 1. The third-order valence-corrected chi connectivity index (χ3v) is 7.81. The second kappa shape index (κ2) is 8.73. The summed E-state index contributed by atoms with van der Waals surface area (Å²) in [6.07, 6.45) is 1.08. The van der Waals surface area contributed by atoms with Gasteiger partial charge >= 0.3 is 0 Å². The van der Waals surface area contributed by atoms with E-state index in [-0.39, 0.29) is 16.7 Å². The van der Waals surface area contributed by atoms with Gasteiger partial charge in [0.15, 0.2) is 0 Å². The molecule has 2 aliphatic heterocycles. The number of carbonyl (C=O) groups excluding carboxylic acids is 1. The van der Waals surface area contributed by atoms with Crippen LogP contribution in [0, 0.1) is 12.8 Å². The molecular weight excluding hydrogens is 438 g/mol. The van der Waals surface area contributed by atoms with Gasteiger partial charge in [0.25, 0.3) is 5.56 Å². The van der Waals surface area contributed by atoms with Crippen molar-refractivity contribution in [2.75, 3.05) is 18.4 Å². The number of anilines is 1. The summed E-state index contributed by atoms with van der Waals surface area (Å²) in [5, 5.41) is 3.22. The fraction of sp³-hybridized carbons (Fsp3) is 0.409. The van der Waals surface area contributed by atoms with Gasteiger partial charge in [-0.1, -0.05) is 47.7 Å². The van der Waals surface area contributed by atoms with Crippen LogP contribution >= 0.6 is 35.6 Å². The highest BCUT2D eigenvalue weighted by Gasteiger charge is 2.35. The number of hydrogen-bond donors (Lipinski definition) is 1. The van der Waals surface area contributed by atoms with Crippen molar-refractivity contribution < 1.29 is 4.79 Å². The van der Waals surface area contributed by atoms with E-state index in [0.29, 0.717) is 22.5 Å². The van der Waals surface area contributed by atoms with Crippen LogP contribution in [0.25, 0.3) is 0 Å². The molecule has 1 aromatic heterocycles. The Labute approximate surface area is 190 Å². The van der Waals surface area contributed by atoms with Crippen molar-refractivity contribution in [2.45, 2.75) is 38.0 Å². The third-order valence-electron chi connectivity index (χ3n) is 5.82. The van der Waals surface area contributed by atoms with Crippen LogP contribution in [0.1, 0.15) is 30.5 Å². The van der Waals surface area contributed by atoms with E-state index in [1.165, 1.54) is 11.8 Å². The van der Waals surface area contributed by atoms with E-state index in [0.717, 1.165) is 41.6 Å². The van der Waals surface area contributed by atoms with Crippen molar-refractivity contribution in [3.63, 3.8) is 0 Å². The summed E-state index contributed by atoms with van der Waals surface area (Å²) in [6, 6.07) is 11.0. The molecule has 30 heavy (non-hydrogen) atoms. The molecule has 4 rings (SSSR count). The summed E-state index contributed by atoms with van der Waals surface area (Å²) in [7, 11) is 0. The number of hydrogen-bond acceptors (Lipinski definition) is 4. The van der Waals surface area contributed by atoms with Gasteiger partial charge in [-0.15, -0.1) is 0 Å². The predicted molar refractivity (Wildman–Crippen MR) is 128 cm³/mol. The minimum absolute atomic E-state index is 0.0779. The first-order chi connectivity index (χ1) is 14.3. The molecule has 2 bridgehead atoms. The number of thioether (sulfide) groups is 1. The first-order valence-electron chi connectivity index (χ1n) is 10.0. The van der Waals surface area contributed by atoms with Crippen LogP contribution in [-0.2, 0) is 11.3 Å². The molecule has 2 aromatic rings. The minimum Gasteiger partial charge on any atom is -0.356 e. The van der Waals surface area contributed by atoms with Crippen molar-refractivity contribution in [2.24, 2.45) is 5.92 Å². The van der Waals surface area contributed by atoms with E-state index >= 15 is 0 Å². The molecule has 1 saturated heterocycles. The number of halogens is 1. The molecular formula is C22H24ClN3O2S2. The summed E-state index contributed by atoms with van der Waals surface area (Å²) >= 11 is 13.3. The van der Waals surface area contributed by atoms with E-state index in [4.69, 9.17) is 23.8 Å². The second-order valence-corrected chi connectivity index (χ2v) is 10.5. The molecule has 2 aliphatic rings. The van der Waals surface area contributed by atoms with Crippen molar-refractivity contribution in [3.05, 3.63) is 63.0 Å². The molecule has 0 saturated carbocycles. The smallest absolute Gasteiger partial charge is 0.250 e. The number of benzene rings is 1. The molecule has 8 heteroatoms. The number of likely N-dealkylation sites (tertiary alicyclic amines) is 1. The third kappa shape index (κ3) is 4.43. The Morgan fingerprint density at radius 1 is 1.27 bits per heavy atom. The van der Waals surface area contributed by atoms with Gasteiger partial charge in [-0.2, -0.15) is 0 Å². The van der Waals surface area contributed by atoms with Gasteiger partial charge in [0, 0.05) is 48.0 Å². The van der Waals surface area contributed by atoms with Crippen molar-refractivity contribution in [1.29, 1.82) is 0 Å². The van der Waals surface area contributed by atoms with Gasteiger partial charge in [0.1, 0.15) is 4.32 Å². The van der Waals surface area contributed by atoms with E-state index in [2.05, 4.69) is 10.2 Å². The number of pyridine rings is 1. The maximum Gasteiger partial charge on any atom is 0.250 e. The van der Waals surface area contributed by atoms with Gasteiger partial charge in [0.05, 0.1) is 5.25 Å². The number of aryl methyl sites for hydroxylation is 1. The Hall–Kier alpha value is -1.83. The monoisotopic (exact) mass is 461 g/mol. The van der Waals surface area contributed by atoms with E-state index < -0.39 is 0 Å². The quantitative estimate of drug-likeness (QED) is 0.691. The fourth-order valence-corrected chi connectivity index (χ4v) is 5.77. The van der Waals surface area contributed by atoms with Crippen LogP contribution in [-0.4, -0.2) is 38.0 Å². The Kier molecular flexibility index (Phi) is 6.23. The summed E-state index contributed by atoms with van der Waals surface area (Å²) in [5.41, 5.74) is 2.83. The van der Waals surface area contributed by atoms with E-state index in [9.17, 15) is 9.59 Å². The second-order valence-electron chi connectivity index (χ2n) is 8.08. The zero-order valence-electron chi connectivity index (χ0n) is 16.9. The van der Waals surface area contributed by atoms with Crippen molar-refractivity contribution >= 4 is 51.5 Å². The molecule has 0 radical (unpaired) electrons. The molecule has 0 unspecified atom stereocenters. The highest BCUT2D eigenvalue weighted by molar-refractivity contribution is 8.23. The summed E-state index contributed by atoms with van der Waals surface area (Å²) in [5.74, 6) is 0.592. The van der Waals surface area contributed by atoms with Crippen molar-refractivity contribution in [1.82, 2.24) is 9.47 Å². The van der Waals surface area contributed by atoms with E-state index in [1.54, 1.807) is 12.1 Å². The van der Waals surface area contributed by atoms with Gasteiger partial charge in [-0.3, -0.25) is 9.59 Å². The minimum atomic E-state index is -0.325. The maximum absolute atomic E-state index is 12.6. The van der Waals surface area contributed by atoms with Crippen LogP contribution in [0.3, 0.4) is 0 Å². The molecule has 1 N–H and O–H groups in total. The van der Waals surface area contributed by atoms with Crippen LogP contribution in [0.15, 0.2) is 41.2 Å². The zero-order chi connectivity index (χ0) is 21.4. The summed E-state index contributed by atoms with van der Waals surface area (Å²) in [4.78, 5) is 27.0. The van der Waals surface area contributed by atoms with Gasteiger partial charge in [-0.25, -0.2) is 0 Å². The van der Waals surface area contributed by atoms with Crippen LogP contribution in [0.5, 0.6) is 0 Å². The topological polar surface area (TPSA) is 54.3 Å². The zero-order valence-corrected chi connectivity index (χ0v) is 19.3. The Morgan fingerprint density at radius 3 is 2.83 bits per heavy atom. The average Bonchev–Trinajstić information content (AvgIpc) is 2.71. The van der Waals surface area contributed by atoms with Crippen LogP contribution in [0.2, 0.25) is 5.02 Å². The van der Waals surface area contributed by atoms with Gasteiger partial charge in [-0.05, 0) is 49.9 Å². The number of nitrogens with zero attached hydrogens (tertiary/aromatic N) is 2. The lowest BCUT2D eigenvalue weighted by molar-refractivity contribution is -0.115. The molecule has 158 valence electrons. The number of piperidine rings is 1. The largest absolute Gasteiger partial charge is 0.356 e. The van der Waals surface area contributed by atoms with E-state index in [1.807, 2.05) is 42.7 Å². The molecule has 1 fully saturated rings. The molecule has 5 nitrogen and oxygen atoms in total.